The van der Waals surface area contributed by atoms with Gasteiger partial charge in [0.2, 0.25) is 0 Å². The molecule has 4 atom stereocenters. The normalized spacial score (nSPS) is 17.5. The molecule has 200 valence electrons. The third-order valence-electron chi connectivity index (χ3n) is 8.76. The standard InChI is InChI=1S/C32H68P/c1-9-17-21-29(13-5)25-33(26-30(14-6)22-18-10-2,27-31(15-7)23-19-11-3)28-32(16-8)24-20-12-4/h29-32H,9-28H2,1-8H3/q+1. The summed E-state index contributed by atoms with van der Waals surface area (Å²) in [6, 6.07) is 0. The van der Waals surface area contributed by atoms with Gasteiger partial charge < -0.3 is 0 Å². The van der Waals surface area contributed by atoms with E-state index in [1.807, 2.05) is 0 Å². The molecule has 0 nitrogen and oxygen atoms in total. The Hall–Kier alpha value is 0.430. The van der Waals surface area contributed by atoms with Gasteiger partial charge in [-0.05, 0) is 75.0 Å². The van der Waals surface area contributed by atoms with E-state index in [-0.39, 0.29) is 0 Å². The molecule has 0 aliphatic carbocycles. The molecule has 0 aliphatic heterocycles. The zero-order valence-corrected chi connectivity index (χ0v) is 25.8. The highest BCUT2D eigenvalue weighted by molar-refractivity contribution is 7.75. The Morgan fingerprint density at radius 1 is 0.364 bits per heavy atom. The first-order valence-corrected chi connectivity index (χ1v) is 18.4. The number of rotatable bonds is 24. The highest BCUT2D eigenvalue weighted by atomic mass is 31.2. The fourth-order valence-corrected chi connectivity index (χ4v) is 13.3. The van der Waals surface area contributed by atoms with Crippen LogP contribution in [0.4, 0.5) is 0 Å². The van der Waals surface area contributed by atoms with Crippen LogP contribution < -0.4 is 0 Å². The first-order chi connectivity index (χ1) is 16.0. The van der Waals surface area contributed by atoms with Gasteiger partial charge >= 0.3 is 0 Å². The zero-order chi connectivity index (χ0) is 25.0. The van der Waals surface area contributed by atoms with Crippen molar-refractivity contribution in [1.82, 2.24) is 0 Å². The van der Waals surface area contributed by atoms with Gasteiger partial charge in [0.15, 0.2) is 0 Å². The molecule has 0 spiro atoms. The van der Waals surface area contributed by atoms with Gasteiger partial charge in [0.25, 0.3) is 0 Å². The topological polar surface area (TPSA) is 0 Å². The van der Waals surface area contributed by atoms with Crippen LogP contribution in [0.15, 0.2) is 0 Å². The van der Waals surface area contributed by atoms with Crippen molar-refractivity contribution in [2.24, 2.45) is 23.7 Å². The van der Waals surface area contributed by atoms with Gasteiger partial charge in [-0.25, -0.2) is 0 Å². The lowest BCUT2D eigenvalue weighted by atomic mass is 10.0. The van der Waals surface area contributed by atoms with Crippen LogP contribution in [0.3, 0.4) is 0 Å². The molecule has 0 aromatic carbocycles. The molecule has 0 saturated heterocycles. The largest absolute Gasteiger partial charge is 0.0654 e. The van der Waals surface area contributed by atoms with E-state index in [4.69, 9.17) is 0 Å². The van der Waals surface area contributed by atoms with Crippen molar-refractivity contribution in [3.8, 4) is 0 Å². The fourth-order valence-electron chi connectivity index (χ4n) is 6.31. The second kappa shape index (κ2) is 21.7. The van der Waals surface area contributed by atoms with Crippen molar-refractivity contribution in [2.75, 3.05) is 24.6 Å². The summed E-state index contributed by atoms with van der Waals surface area (Å²) in [5, 5.41) is 0. The Balaban J connectivity index is 6.06. The second-order valence-corrected chi connectivity index (χ2v) is 15.9. The van der Waals surface area contributed by atoms with Gasteiger partial charge in [0, 0.05) is 7.26 Å². The van der Waals surface area contributed by atoms with Crippen LogP contribution in [-0.4, -0.2) is 24.6 Å². The summed E-state index contributed by atoms with van der Waals surface area (Å²) in [5.74, 6) is 3.98. The maximum Gasteiger partial charge on any atom is 0.0622 e. The summed E-state index contributed by atoms with van der Waals surface area (Å²) < 4.78 is 0. The summed E-state index contributed by atoms with van der Waals surface area (Å²) in [4.78, 5) is 0. The third-order valence-corrected chi connectivity index (χ3v) is 13.9. The van der Waals surface area contributed by atoms with E-state index in [9.17, 15) is 0 Å². The van der Waals surface area contributed by atoms with E-state index in [0.29, 0.717) is 0 Å². The van der Waals surface area contributed by atoms with Crippen LogP contribution in [0, 0.1) is 23.7 Å². The number of hydrogen-bond donors (Lipinski definition) is 0. The predicted molar refractivity (Wildman–Crippen MR) is 160 cm³/mol. The maximum atomic E-state index is 2.51. The summed E-state index contributed by atoms with van der Waals surface area (Å²) in [7, 11) is -0.948. The van der Waals surface area contributed by atoms with Gasteiger partial charge in [0.05, 0.1) is 24.6 Å². The minimum absolute atomic E-state index is 0.948. The van der Waals surface area contributed by atoms with Gasteiger partial charge in [-0.2, -0.15) is 0 Å². The van der Waals surface area contributed by atoms with E-state index in [2.05, 4.69) is 55.4 Å². The molecule has 0 aromatic rings. The summed E-state index contributed by atoms with van der Waals surface area (Å²) in [6.45, 7) is 19.6. The molecule has 0 bridgehead atoms. The fraction of sp³-hybridized carbons (Fsp3) is 1.00. The lowest BCUT2D eigenvalue weighted by molar-refractivity contribution is 0.454. The monoisotopic (exact) mass is 484 g/mol. The van der Waals surface area contributed by atoms with E-state index in [1.54, 1.807) is 24.6 Å². The first kappa shape index (κ1) is 33.4. The average Bonchev–Trinajstić information content (AvgIpc) is 2.84. The summed E-state index contributed by atoms with van der Waals surface area (Å²) >= 11 is 0. The average molecular weight is 484 g/mol. The molecule has 0 heterocycles. The second-order valence-electron chi connectivity index (χ2n) is 11.7. The van der Waals surface area contributed by atoms with Crippen LogP contribution in [0.2, 0.25) is 0 Å². The van der Waals surface area contributed by atoms with Crippen molar-refractivity contribution in [1.29, 1.82) is 0 Å². The molecule has 0 aromatic heterocycles. The van der Waals surface area contributed by atoms with Crippen molar-refractivity contribution in [3.05, 3.63) is 0 Å². The Kier molecular flexibility index (Phi) is 22.0. The third kappa shape index (κ3) is 15.2. The SMILES string of the molecule is CCCCC(CC)C[P+](CC(CC)CCCC)(CC(CC)CCCC)CC(CC)CCCC. The first-order valence-electron chi connectivity index (χ1n) is 15.8. The van der Waals surface area contributed by atoms with Crippen LogP contribution in [0.5, 0.6) is 0 Å². The van der Waals surface area contributed by atoms with Crippen LogP contribution in [0.1, 0.15) is 158 Å². The van der Waals surface area contributed by atoms with E-state index in [1.165, 1.54) is 103 Å². The Morgan fingerprint density at radius 2 is 0.576 bits per heavy atom. The molecule has 4 unspecified atom stereocenters. The highest BCUT2D eigenvalue weighted by Gasteiger charge is 2.43. The predicted octanol–water partition coefficient (Wildman–Crippen LogP) is 11.9. The molecule has 0 radical (unpaired) electrons. The van der Waals surface area contributed by atoms with Gasteiger partial charge in [-0.3, -0.25) is 0 Å². The molecular weight excluding hydrogens is 415 g/mol. The van der Waals surface area contributed by atoms with E-state index < -0.39 is 7.26 Å². The molecule has 0 aliphatic rings. The summed E-state index contributed by atoms with van der Waals surface area (Å²) in [6.07, 6.45) is 29.5. The van der Waals surface area contributed by atoms with Crippen molar-refractivity contribution in [2.45, 2.75) is 158 Å². The molecule has 0 N–H and O–H groups in total. The minimum atomic E-state index is -0.948. The van der Waals surface area contributed by atoms with E-state index in [0.717, 1.165) is 23.7 Å². The highest BCUT2D eigenvalue weighted by Crippen LogP contribution is 2.65. The van der Waals surface area contributed by atoms with Crippen molar-refractivity contribution >= 4 is 7.26 Å². The smallest absolute Gasteiger partial charge is 0.0622 e. The van der Waals surface area contributed by atoms with Gasteiger partial charge in [-0.15, -0.1) is 0 Å². The van der Waals surface area contributed by atoms with E-state index >= 15 is 0 Å². The van der Waals surface area contributed by atoms with Gasteiger partial charge in [0.1, 0.15) is 0 Å². The van der Waals surface area contributed by atoms with Crippen LogP contribution in [0.25, 0.3) is 0 Å². The van der Waals surface area contributed by atoms with Crippen molar-refractivity contribution < 1.29 is 0 Å². The molecule has 1 heteroatoms. The Labute approximate surface area is 213 Å². The zero-order valence-electron chi connectivity index (χ0n) is 24.9. The Bertz CT molecular complexity index is 326. The van der Waals surface area contributed by atoms with Crippen molar-refractivity contribution in [3.63, 3.8) is 0 Å². The number of unbranched alkanes of at least 4 members (excludes halogenated alkanes) is 4. The molecule has 0 saturated carbocycles. The Morgan fingerprint density at radius 3 is 0.727 bits per heavy atom. The molecular formula is C32H68P+. The number of hydrogen-bond acceptors (Lipinski definition) is 0. The van der Waals surface area contributed by atoms with Crippen LogP contribution >= 0.6 is 7.26 Å². The maximum absolute atomic E-state index is 2.51. The lowest BCUT2D eigenvalue weighted by Crippen LogP contribution is -2.28. The molecule has 0 rings (SSSR count). The minimum Gasteiger partial charge on any atom is -0.0654 e. The van der Waals surface area contributed by atoms with Crippen LogP contribution in [-0.2, 0) is 0 Å². The quantitative estimate of drug-likeness (QED) is 0.120. The lowest BCUT2D eigenvalue weighted by Gasteiger charge is -2.38. The summed E-state index contributed by atoms with van der Waals surface area (Å²) in [5.41, 5.74) is 0. The molecule has 0 fully saturated rings. The van der Waals surface area contributed by atoms with Gasteiger partial charge in [-0.1, -0.05) is 107 Å². The molecule has 0 amide bonds. The molecule has 33 heavy (non-hydrogen) atoms.